The lowest BCUT2D eigenvalue weighted by Crippen LogP contribution is -2.11. The zero-order valence-corrected chi connectivity index (χ0v) is 9.25. The van der Waals surface area contributed by atoms with Gasteiger partial charge in [-0.1, -0.05) is 15.9 Å². The first-order valence-electron chi connectivity index (χ1n) is 3.87. The molecule has 0 fully saturated rings. The molecular formula is C9H9BrF3N. The van der Waals surface area contributed by atoms with E-state index in [9.17, 15) is 13.2 Å². The highest BCUT2D eigenvalue weighted by molar-refractivity contribution is 9.10. The van der Waals surface area contributed by atoms with Crippen molar-refractivity contribution in [1.29, 1.82) is 0 Å². The summed E-state index contributed by atoms with van der Waals surface area (Å²) in [6.07, 6.45) is -4.37. The highest BCUT2D eigenvalue weighted by Crippen LogP contribution is 2.40. The molecule has 0 spiro atoms. The van der Waals surface area contributed by atoms with Gasteiger partial charge in [0.2, 0.25) is 0 Å². The van der Waals surface area contributed by atoms with Crippen LogP contribution in [0.3, 0.4) is 0 Å². The van der Waals surface area contributed by atoms with Gasteiger partial charge in [0.15, 0.2) is 0 Å². The molecule has 1 nitrogen and oxygen atoms in total. The minimum absolute atomic E-state index is 0.0363. The molecular weight excluding hydrogens is 259 g/mol. The molecule has 0 bridgehead atoms. The average molecular weight is 268 g/mol. The summed E-state index contributed by atoms with van der Waals surface area (Å²) < 4.78 is 37.6. The molecule has 0 saturated carbocycles. The number of benzene rings is 1. The van der Waals surface area contributed by atoms with Crippen LogP contribution in [0.5, 0.6) is 0 Å². The van der Waals surface area contributed by atoms with E-state index < -0.39 is 11.7 Å². The first-order chi connectivity index (χ1) is 6.25. The van der Waals surface area contributed by atoms with Crippen molar-refractivity contribution in [2.24, 2.45) is 0 Å². The zero-order valence-electron chi connectivity index (χ0n) is 7.67. The van der Waals surface area contributed by atoms with E-state index in [2.05, 4.69) is 15.9 Å². The monoisotopic (exact) mass is 267 g/mol. The molecule has 0 amide bonds. The molecule has 0 saturated heterocycles. The van der Waals surface area contributed by atoms with Crippen molar-refractivity contribution < 1.29 is 13.2 Å². The summed E-state index contributed by atoms with van der Waals surface area (Å²) in [4.78, 5) is 0. The molecule has 1 aromatic carbocycles. The lowest BCUT2D eigenvalue weighted by molar-refractivity contribution is -0.138. The highest BCUT2D eigenvalue weighted by atomic mass is 79.9. The second kappa shape index (κ2) is 3.46. The van der Waals surface area contributed by atoms with Crippen LogP contribution in [0, 0.1) is 13.8 Å². The lowest BCUT2D eigenvalue weighted by atomic mass is 10.0. The molecule has 0 radical (unpaired) electrons. The number of alkyl halides is 3. The van der Waals surface area contributed by atoms with Crippen molar-refractivity contribution in [2.45, 2.75) is 20.0 Å². The van der Waals surface area contributed by atoms with E-state index >= 15 is 0 Å². The lowest BCUT2D eigenvalue weighted by Gasteiger charge is -2.15. The number of hydrogen-bond acceptors (Lipinski definition) is 1. The minimum Gasteiger partial charge on any atom is -0.398 e. The first-order valence-corrected chi connectivity index (χ1v) is 4.66. The fourth-order valence-electron chi connectivity index (χ4n) is 1.30. The van der Waals surface area contributed by atoms with Crippen LogP contribution in [-0.2, 0) is 6.18 Å². The number of nitrogen functional groups attached to an aromatic ring is 1. The Kier molecular flexibility index (Phi) is 2.81. The molecule has 0 aliphatic rings. The SMILES string of the molecule is Cc1cc(Br)c(C(F)(F)F)c(C)c1N. The van der Waals surface area contributed by atoms with Crippen LogP contribution >= 0.6 is 15.9 Å². The largest absolute Gasteiger partial charge is 0.417 e. The topological polar surface area (TPSA) is 26.0 Å². The summed E-state index contributed by atoms with van der Waals surface area (Å²) in [5, 5.41) is 0. The average Bonchev–Trinajstić information content (AvgIpc) is 1.97. The number of nitrogens with two attached hydrogens (primary N) is 1. The van der Waals surface area contributed by atoms with Gasteiger partial charge in [-0.3, -0.25) is 0 Å². The summed E-state index contributed by atoms with van der Waals surface area (Å²) in [5.41, 5.74) is 5.74. The van der Waals surface area contributed by atoms with Crippen LogP contribution in [0.2, 0.25) is 0 Å². The Morgan fingerprint density at radius 2 is 1.79 bits per heavy atom. The standard InChI is InChI=1S/C9H9BrF3N/c1-4-3-6(10)7(9(11,12)13)5(2)8(4)14/h3H,14H2,1-2H3. The van der Waals surface area contributed by atoms with Crippen molar-refractivity contribution in [2.75, 3.05) is 5.73 Å². The third-order valence-electron chi connectivity index (χ3n) is 2.07. The normalized spacial score (nSPS) is 11.9. The third-order valence-corrected chi connectivity index (χ3v) is 2.69. The maximum atomic E-state index is 12.5. The van der Waals surface area contributed by atoms with Gasteiger partial charge >= 0.3 is 6.18 Å². The molecule has 0 aromatic heterocycles. The quantitative estimate of drug-likeness (QED) is 0.714. The summed E-state index contributed by atoms with van der Waals surface area (Å²) in [5.74, 6) is 0. The van der Waals surface area contributed by atoms with Crippen molar-refractivity contribution >= 4 is 21.6 Å². The van der Waals surface area contributed by atoms with E-state index in [1.165, 1.54) is 13.0 Å². The van der Waals surface area contributed by atoms with E-state index in [1.54, 1.807) is 6.92 Å². The summed E-state index contributed by atoms with van der Waals surface area (Å²) >= 11 is 2.89. The van der Waals surface area contributed by atoms with E-state index in [-0.39, 0.29) is 15.7 Å². The van der Waals surface area contributed by atoms with Gasteiger partial charge in [-0.15, -0.1) is 0 Å². The first kappa shape index (κ1) is 11.4. The molecule has 0 atom stereocenters. The van der Waals surface area contributed by atoms with Gasteiger partial charge < -0.3 is 5.73 Å². The second-order valence-corrected chi connectivity index (χ2v) is 3.94. The Morgan fingerprint density at radius 1 is 1.29 bits per heavy atom. The molecule has 0 unspecified atom stereocenters. The molecule has 0 heterocycles. The van der Waals surface area contributed by atoms with Crippen LogP contribution in [0.4, 0.5) is 18.9 Å². The molecule has 5 heteroatoms. The minimum atomic E-state index is -4.37. The molecule has 14 heavy (non-hydrogen) atoms. The number of anilines is 1. The van der Waals surface area contributed by atoms with E-state index in [4.69, 9.17) is 5.73 Å². The van der Waals surface area contributed by atoms with Crippen LogP contribution in [0.25, 0.3) is 0 Å². The van der Waals surface area contributed by atoms with Crippen molar-refractivity contribution in [3.63, 3.8) is 0 Å². The summed E-state index contributed by atoms with van der Waals surface area (Å²) in [6, 6.07) is 1.38. The van der Waals surface area contributed by atoms with Gasteiger partial charge in [0, 0.05) is 10.2 Å². The fraction of sp³-hybridized carbons (Fsp3) is 0.333. The number of aryl methyl sites for hydroxylation is 1. The van der Waals surface area contributed by atoms with Crippen molar-refractivity contribution in [3.05, 3.63) is 27.2 Å². The Hall–Kier alpha value is -0.710. The zero-order chi connectivity index (χ0) is 11.1. The fourth-order valence-corrected chi connectivity index (χ4v) is 2.16. The Bertz CT molecular complexity index is 371. The number of rotatable bonds is 0. The molecule has 78 valence electrons. The molecule has 0 aliphatic heterocycles. The predicted molar refractivity (Wildman–Crippen MR) is 53.0 cm³/mol. The van der Waals surface area contributed by atoms with Gasteiger partial charge in [0.25, 0.3) is 0 Å². The highest BCUT2D eigenvalue weighted by Gasteiger charge is 2.35. The molecule has 2 N–H and O–H groups in total. The van der Waals surface area contributed by atoms with Crippen molar-refractivity contribution in [1.82, 2.24) is 0 Å². The van der Waals surface area contributed by atoms with Gasteiger partial charge in [-0.2, -0.15) is 13.2 Å². The van der Waals surface area contributed by atoms with Crippen LogP contribution < -0.4 is 5.73 Å². The van der Waals surface area contributed by atoms with E-state index in [1.807, 2.05) is 0 Å². The van der Waals surface area contributed by atoms with Crippen LogP contribution in [0.15, 0.2) is 10.5 Å². The second-order valence-electron chi connectivity index (χ2n) is 3.09. The maximum Gasteiger partial charge on any atom is 0.417 e. The van der Waals surface area contributed by atoms with Gasteiger partial charge in [0.05, 0.1) is 5.56 Å². The molecule has 1 rings (SSSR count). The summed E-state index contributed by atoms with van der Waals surface area (Å²) in [7, 11) is 0. The number of halogens is 4. The number of hydrogen-bond donors (Lipinski definition) is 1. The Morgan fingerprint density at radius 3 is 2.21 bits per heavy atom. The van der Waals surface area contributed by atoms with Gasteiger partial charge in [-0.25, -0.2) is 0 Å². The van der Waals surface area contributed by atoms with Crippen molar-refractivity contribution in [3.8, 4) is 0 Å². The maximum absolute atomic E-state index is 12.5. The predicted octanol–water partition coefficient (Wildman–Crippen LogP) is 3.67. The summed E-state index contributed by atoms with van der Waals surface area (Å²) in [6.45, 7) is 3.04. The molecule has 1 aromatic rings. The Balaban J connectivity index is 3.53. The third kappa shape index (κ3) is 1.87. The van der Waals surface area contributed by atoms with E-state index in [0.29, 0.717) is 5.56 Å². The smallest absolute Gasteiger partial charge is 0.398 e. The van der Waals surface area contributed by atoms with E-state index in [0.717, 1.165) is 0 Å². The van der Waals surface area contributed by atoms with Gasteiger partial charge in [0.1, 0.15) is 0 Å². The van der Waals surface area contributed by atoms with Gasteiger partial charge in [-0.05, 0) is 31.0 Å². The Labute approximate surface area is 88.2 Å². The molecule has 0 aliphatic carbocycles. The van der Waals surface area contributed by atoms with Crippen LogP contribution in [0.1, 0.15) is 16.7 Å². The van der Waals surface area contributed by atoms with Crippen LogP contribution in [-0.4, -0.2) is 0 Å².